The summed E-state index contributed by atoms with van der Waals surface area (Å²) in [4.78, 5) is 11.6. The summed E-state index contributed by atoms with van der Waals surface area (Å²) in [6.45, 7) is 1.61. The molecule has 0 heterocycles. The van der Waals surface area contributed by atoms with E-state index in [4.69, 9.17) is 4.74 Å². The molecule has 0 spiro atoms. The average Bonchev–Trinajstić information content (AvgIpc) is 2.91. The van der Waals surface area contributed by atoms with Crippen molar-refractivity contribution < 1.29 is 98.4 Å². The minimum absolute atomic E-state index is 0.110. The summed E-state index contributed by atoms with van der Waals surface area (Å²) in [6, 6.07) is 7.92. The molecule has 0 radical (unpaired) electrons. The smallest absolute Gasteiger partial charge is 0.455 e. The van der Waals surface area contributed by atoms with Crippen molar-refractivity contribution in [1.82, 2.24) is 0 Å². The van der Waals surface area contributed by atoms with Crippen LogP contribution in [0.2, 0.25) is 0 Å². The van der Waals surface area contributed by atoms with Crippen LogP contribution in [0.5, 0.6) is 11.5 Å². The van der Waals surface area contributed by atoms with Gasteiger partial charge in [-0.05, 0) is 41.8 Å². The third kappa shape index (κ3) is 8.87. The van der Waals surface area contributed by atoms with Gasteiger partial charge in [-0.3, -0.25) is 4.74 Å². The number of rotatable bonds is 14. The number of hydrogen-bond acceptors (Lipinski definition) is 5. The first-order valence-electron chi connectivity index (χ1n) is 12.2. The molecule has 0 aromatic heterocycles. The number of alkyl halides is 17. The van der Waals surface area contributed by atoms with Gasteiger partial charge in [-0.25, -0.2) is 13.9 Å². The first-order chi connectivity index (χ1) is 21.1. The molecule has 2 rings (SSSR count). The van der Waals surface area contributed by atoms with Gasteiger partial charge in [0.05, 0.1) is 0 Å². The van der Waals surface area contributed by atoms with Gasteiger partial charge < -0.3 is 9.47 Å². The first-order valence-corrected chi connectivity index (χ1v) is 12.2. The standard InChI is InChI=1S/C25H17F17O5/c1-2-3-16(26)17(43)44-14-8-4-12(5-9-14)13-6-10-15(11-7-13)45-18(19(27,28)29)46-24(39,40)25(41,42)47-23(37,38)21(32,33)20(30,31)22(34,35)36/h4-11,16,18H,2-3H2,1H3/t16-,18?/m0/s1. The van der Waals surface area contributed by atoms with Crippen molar-refractivity contribution in [3.63, 3.8) is 0 Å². The topological polar surface area (TPSA) is 54.0 Å². The molecule has 0 aliphatic carbocycles. The molecule has 0 aliphatic rings. The minimum Gasteiger partial charge on any atom is -0.455 e. The molecule has 2 atom stereocenters. The summed E-state index contributed by atoms with van der Waals surface area (Å²) in [5.74, 6) is -18.3. The largest absolute Gasteiger partial charge is 0.460 e. The van der Waals surface area contributed by atoms with Gasteiger partial charge in [0.1, 0.15) is 11.5 Å². The highest BCUT2D eigenvalue weighted by Crippen LogP contribution is 2.56. The SMILES string of the molecule is CCC[C@H](F)C(=O)Oc1ccc(-c2ccc(OC(OC(F)(F)C(F)(F)OC(F)(F)C(F)(F)C(F)(F)C(F)(F)F)C(F)(F)F)cc2)cc1. The van der Waals surface area contributed by atoms with Crippen LogP contribution in [0.4, 0.5) is 74.6 Å². The van der Waals surface area contributed by atoms with Crippen LogP contribution < -0.4 is 9.47 Å². The maximum absolute atomic E-state index is 13.9. The van der Waals surface area contributed by atoms with Gasteiger partial charge in [0, 0.05) is 0 Å². The van der Waals surface area contributed by atoms with Crippen molar-refractivity contribution in [3.8, 4) is 22.6 Å². The van der Waals surface area contributed by atoms with E-state index >= 15 is 0 Å². The van der Waals surface area contributed by atoms with Crippen LogP contribution >= 0.6 is 0 Å². The molecule has 0 fully saturated rings. The molecule has 2 aromatic rings. The van der Waals surface area contributed by atoms with Crippen LogP contribution in [-0.4, -0.2) is 61.0 Å². The summed E-state index contributed by atoms with van der Waals surface area (Å²) in [6.07, 6.45) is -42.4. The quantitative estimate of drug-likeness (QED) is 0.0844. The normalized spacial score (nSPS) is 15.3. The van der Waals surface area contributed by atoms with Crippen molar-refractivity contribution in [2.75, 3.05) is 0 Å². The molecular weight excluding hydrogens is 703 g/mol. The van der Waals surface area contributed by atoms with E-state index in [1.807, 2.05) is 0 Å². The zero-order valence-corrected chi connectivity index (χ0v) is 22.7. The second-order valence-electron chi connectivity index (χ2n) is 9.13. The highest BCUT2D eigenvalue weighted by molar-refractivity contribution is 5.77. The molecule has 0 saturated carbocycles. The molecule has 2 aromatic carbocycles. The molecule has 0 N–H and O–H groups in total. The number of ether oxygens (including phenoxy) is 4. The molecule has 5 nitrogen and oxygen atoms in total. The van der Waals surface area contributed by atoms with E-state index in [1.54, 1.807) is 11.7 Å². The number of halogens is 17. The molecule has 266 valence electrons. The fourth-order valence-electron chi connectivity index (χ4n) is 3.12. The lowest BCUT2D eigenvalue weighted by Crippen LogP contribution is -2.64. The van der Waals surface area contributed by atoms with Crippen molar-refractivity contribution in [1.29, 1.82) is 0 Å². The summed E-state index contributed by atoms with van der Waals surface area (Å²) >= 11 is 0. The van der Waals surface area contributed by atoms with E-state index in [9.17, 15) is 79.4 Å². The first kappa shape index (κ1) is 39.6. The lowest BCUT2D eigenvalue weighted by molar-refractivity contribution is -0.536. The monoisotopic (exact) mass is 720 g/mol. The third-order valence-electron chi connectivity index (χ3n) is 5.53. The Hall–Kier alpha value is -3.56. The minimum atomic E-state index is -8.00. The number of benzene rings is 2. The van der Waals surface area contributed by atoms with Crippen LogP contribution in [0, 0.1) is 0 Å². The molecular formula is C25H17F17O5. The van der Waals surface area contributed by atoms with Crippen LogP contribution in [0.3, 0.4) is 0 Å². The molecule has 47 heavy (non-hydrogen) atoms. The Bertz CT molecular complexity index is 1340. The highest BCUT2D eigenvalue weighted by Gasteiger charge is 2.85. The fraction of sp³-hybridized carbons (Fsp3) is 0.480. The van der Waals surface area contributed by atoms with Gasteiger partial charge in [0.15, 0.2) is 6.17 Å². The average molecular weight is 720 g/mol. The Kier molecular flexibility index (Phi) is 11.4. The van der Waals surface area contributed by atoms with Gasteiger partial charge in [0.2, 0.25) is 0 Å². The molecule has 0 bridgehead atoms. The van der Waals surface area contributed by atoms with E-state index in [0.717, 1.165) is 12.1 Å². The third-order valence-corrected chi connectivity index (χ3v) is 5.53. The summed E-state index contributed by atoms with van der Waals surface area (Å²) in [5.41, 5.74) is 0.362. The van der Waals surface area contributed by atoms with E-state index in [-0.39, 0.29) is 23.3 Å². The summed E-state index contributed by atoms with van der Waals surface area (Å²) < 4.78 is 237. The number of esters is 1. The maximum Gasteiger partial charge on any atom is 0.460 e. The summed E-state index contributed by atoms with van der Waals surface area (Å²) in [7, 11) is 0. The molecule has 22 heteroatoms. The lowest BCUT2D eigenvalue weighted by Gasteiger charge is -2.36. The predicted molar refractivity (Wildman–Crippen MR) is 121 cm³/mol. The van der Waals surface area contributed by atoms with Gasteiger partial charge >= 0.3 is 54.8 Å². The van der Waals surface area contributed by atoms with Crippen LogP contribution in [0.25, 0.3) is 11.1 Å². The van der Waals surface area contributed by atoms with Gasteiger partial charge in [-0.2, -0.15) is 70.2 Å². The fourth-order valence-corrected chi connectivity index (χ4v) is 3.12. The van der Waals surface area contributed by atoms with Gasteiger partial charge in [0.25, 0.3) is 0 Å². The van der Waals surface area contributed by atoms with Crippen molar-refractivity contribution in [2.45, 2.75) is 74.8 Å². The van der Waals surface area contributed by atoms with Crippen LogP contribution in [-0.2, 0) is 14.3 Å². The zero-order chi connectivity index (χ0) is 36.4. The Labute approximate surface area is 251 Å². The van der Waals surface area contributed by atoms with Crippen LogP contribution in [0.1, 0.15) is 19.8 Å². The second kappa shape index (κ2) is 13.5. The van der Waals surface area contributed by atoms with E-state index in [0.29, 0.717) is 18.6 Å². The van der Waals surface area contributed by atoms with E-state index in [2.05, 4.69) is 9.47 Å². The Morgan fingerprint density at radius 3 is 1.49 bits per heavy atom. The van der Waals surface area contributed by atoms with Gasteiger partial charge in [-0.1, -0.05) is 37.6 Å². The van der Waals surface area contributed by atoms with Crippen molar-refractivity contribution >= 4 is 5.97 Å². The van der Waals surface area contributed by atoms with E-state index < -0.39 is 66.7 Å². The number of carbonyl (C=O) groups is 1. The Morgan fingerprint density at radius 1 is 0.638 bits per heavy atom. The van der Waals surface area contributed by atoms with E-state index in [1.165, 1.54) is 24.3 Å². The summed E-state index contributed by atoms with van der Waals surface area (Å²) in [5, 5.41) is 0. The number of hydrogen-bond donors (Lipinski definition) is 0. The molecule has 0 aliphatic heterocycles. The Balaban J connectivity index is 2.23. The second-order valence-corrected chi connectivity index (χ2v) is 9.13. The number of carbonyl (C=O) groups excluding carboxylic acids is 1. The maximum atomic E-state index is 13.9. The van der Waals surface area contributed by atoms with Crippen molar-refractivity contribution in [2.24, 2.45) is 0 Å². The van der Waals surface area contributed by atoms with Gasteiger partial charge in [-0.15, -0.1) is 0 Å². The molecule has 0 saturated heterocycles. The zero-order valence-electron chi connectivity index (χ0n) is 22.7. The van der Waals surface area contributed by atoms with Crippen molar-refractivity contribution in [3.05, 3.63) is 48.5 Å². The predicted octanol–water partition coefficient (Wildman–Crippen LogP) is 9.31. The molecule has 0 amide bonds. The molecule has 1 unspecified atom stereocenters. The Morgan fingerprint density at radius 2 is 1.09 bits per heavy atom. The van der Waals surface area contributed by atoms with Crippen LogP contribution in [0.15, 0.2) is 48.5 Å². The highest BCUT2D eigenvalue weighted by atomic mass is 19.4. The lowest BCUT2D eigenvalue weighted by atomic mass is 10.1.